The van der Waals surface area contributed by atoms with Gasteiger partial charge in [0.1, 0.15) is 10.2 Å². The summed E-state index contributed by atoms with van der Waals surface area (Å²) in [6.07, 6.45) is 6.44. The molecule has 46 heavy (non-hydrogen) atoms. The molecule has 8 nitrogen and oxygen atoms in total. The third kappa shape index (κ3) is 1.97. The molecular weight excluding hydrogens is 587 g/mol. The molecule has 5 aromatic heterocycles. The summed E-state index contributed by atoms with van der Waals surface area (Å²) in [6.45, 7) is 2.08. The van der Waals surface area contributed by atoms with Crippen LogP contribution in [0, 0.1) is 6.92 Å². The van der Waals surface area contributed by atoms with Gasteiger partial charge in [-0.25, -0.2) is 0 Å². The topological polar surface area (TPSA) is 52.6 Å². The highest BCUT2D eigenvalue weighted by atomic mass is 28.3. The molecule has 212 valence electrons. The first-order chi connectivity index (χ1) is 22.7. The number of hydrogen-bond acceptors (Lipinski definition) is 3. The van der Waals surface area contributed by atoms with Gasteiger partial charge in [-0.2, -0.15) is 4.57 Å². The van der Waals surface area contributed by atoms with Crippen LogP contribution in [-0.4, -0.2) is 27.5 Å². The van der Waals surface area contributed by atoms with Gasteiger partial charge in [-0.1, -0.05) is 54.6 Å². The third-order valence-electron chi connectivity index (χ3n) is 11.1. The second kappa shape index (κ2) is 6.84. The fourth-order valence-electron chi connectivity index (χ4n) is 9.66. The minimum Gasteiger partial charge on any atom is -0.394 e. The molecular formula is C37H22N7OSi+3. The molecule has 8 aromatic rings. The monoisotopic (exact) mass is 608 g/mol. The van der Waals surface area contributed by atoms with E-state index in [0.717, 1.165) is 40.0 Å². The van der Waals surface area contributed by atoms with Gasteiger partial charge in [-0.3, -0.25) is 4.98 Å². The normalized spacial score (nSPS) is 18.5. The number of quaternary nitrogens is 1. The summed E-state index contributed by atoms with van der Waals surface area (Å²) in [5.41, 5.74) is 10.4. The van der Waals surface area contributed by atoms with Gasteiger partial charge in [0, 0.05) is 38.3 Å². The van der Waals surface area contributed by atoms with Crippen LogP contribution in [0.25, 0.3) is 50.1 Å². The molecule has 0 amide bonds. The van der Waals surface area contributed by atoms with Gasteiger partial charge in [-0.15, -0.1) is 5.10 Å². The summed E-state index contributed by atoms with van der Waals surface area (Å²) in [7, 11) is -2.84. The zero-order valence-corrected chi connectivity index (χ0v) is 25.5. The minimum absolute atomic E-state index is 0.206. The maximum Gasteiger partial charge on any atom is 0.438 e. The summed E-state index contributed by atoms with van der Waals surface area (Å²) in [6, 6.07) is 35.7. The van der Waals surface area contributed by atoms with Crippen LogP contribution in [0.15, 0.2) is 116 Å². The Morgan fingerprint density at radius 1 is 0.783 bits per heavy atom. The smallest absolute Gasteiger partial charge is 0.394 e. The standard InChI is InChI=1S/C37H22N7OSi/c1-21-18-27-26-11-6-14-33-42(26)44(43(27)39-21)36-28(45-33)15-16-31-35(36)41-34-25(24-10-7-17-40(44)37(24)41)19-38-20-32(34)46(31)29-12-4-2-8-22(29)23-9-3-5-13-30(23)46/h2-20H,1H3/q+3. The molecule has 0 fully saturated rings. The molecule has 0 saturated heterocycles. The first-order valence-corrected chi connectivity index (χ1v) is 17.7. The maximum absolute atomic E-state index is 6.89. The van der Waals surface area contributed by atoms with Crippen molar-refractivity contribution in [2.75, 3.05) is 0 Å². The molecule has 9 heteroatoms. The van der Waals surface area contributed by atoms with E-state index in [1.807, 2.05) is 0 Å². The Balaban J connectivity index is 1.36. The summed E-state index contributed by atoms with van der Waals surface area (Å²) >= 11 is 0. The average Bonchev–Trinajstić information content (AvgIpc) is 3.81. The number of ether oxygens (including phenoxy) is 1. The van der Waals surface area contributed by atoms with Crippen molar-refractivity contribution in [2.24, 2.45) is 0 Å². The first-order valence-electron chi connectivity index (χ1n) is 15.7. The lowest BCUT2D eigenvalue weighted by atomic mass is 10.1. The predicted molar refractivity (Wildman–Crippen MR) is 176 cm³/mol. The number of aryl methyl sites for hydroxylation is 1. The van der Waals surface area contributed by atoms with E-state index in [-0.39, 0.29) is 4.81 Å². The molecule has 0 radical (unpaired) electrons. The molecule has 1 atom stereocenters. The van der Waals surface area contributed by atoms with Gasteiger partial charge in [0.2, 0.25) is 21.9 Å². The molecule has 0 bridgehead atoms. The fraction of sp³-hybridized carbons (Fsp3) is 0.0270. The maximum atomic E-state index is 6.89. The van der Waals surface area contributed by atoms with Crippen LogP contribution in [0.3, 0.4) is 0 Å². The average molecular weight is 609 g/mol. The minimum atomic E-state index is -2.84. The molecule has 3 aromatic carbocycles. The Morgan fingerprint density at radius 2 is 1.61 bits per heavy atom. The van der Waals surface area contributed by atoms with Crippen molar-refractivity contribution in [1.82, 2.24) is 24.3 Å². The van der Waals surface area contributed by atoms with Crippen molar-refractivity contribution in [1.29, 1.82) is 0 Å². The summed E-state index contributed by atoms with van der Waals surface area (Å²) in [5.74, 6) is 1.62. The molecule has 13 rings (SSSR count). The highest BCUT2D eigenvalue weighted by molar-refractivity contribution is 7.23. The van der Waals surface area contributed by atoms with E-state index in [1.54, 1.807) is 0 Å². The van der Waals surface area contributed by atoms with Gasteiger partial charge in [0.25, 0.3) is 0 Å². The zero-order chi connectivity index (χ0) is 29.7. The van der Waals surface area contributed by atoms with E-state index in [0.29, 0.717) is 0 Å². The van der Waals surface area contributed by atoms with Crippen LogP contribution in [0.4, 0.5) is 5.69 Å². The lowest BCUT2D eigenvalue weighted by Gasteiger charge is -2.37. The number of benzene rings is 3. The van der Waals surface area contributed by atoms with Crippen molar-refractivity contribution in [3.8, 4) is 39.8 Å². The van der Waals surface area contributed by atoms with Gasteiger partial charge in [-0.05, 0) is 58.8 Å². The molecule has 5 aliphatic heterocycles. The highest BCUT2D eigenvalue weighted by Gasteiger charge is 2.73. The van der Waals surface area contributed by atoms with Gasteiger partial charge in [0.05, 0.1) is 22.5 Å². The van der Waals surface area contributed by atoms with Crippen LogP contribution in [0.2, 0.25) is 0 Å². The van der Waals surface area contributed by atoms with Crippen molar-refractivity contribution < 1.29 is 14.1 Å². The number of aromatic nitrogens is 6. The number of fused-ring (bicyclic) bond motifs is 10. The van der Waals surface area contributed by atoms with Crippen LogP contribution >= 0.6 is 0 Å². The predicted octanol–water partition coefficient (Wildman–Crippen LogP) is 3.03. The molecule has 5 aliphatic rings. The lowest BCUT2D eigenvalue weighted by Crippen LogP contribution is -2.89. The Labute approximate surface area is 262 Å². The van der Waals surface area contributed by atoms with Crippen LogP contribution in [0.1, 0.15) is 5.69 Å². The fourth-order valence-corrected chi connectivity index (χ4v) is 15.1. The Kier molecular flexibility index (Phi) is 3.36. The summed E-state index contributed by atoms with van der Waals surface area (Å²) in [5, 5.41) is 13.1. The molecule has 0 N–H and O–H groups in total. The zero-order valence-electron chi connectivity index (χ0n) is 24.5. The number of pyridine rings is 3. The molecule has 1 unspecified atom stereocenters. The van der Waals surface area contributed by atoms with Crippen LogP contribution < -0.4 is 39.6 Å². The number of nitrogens with zero attached hydrogens (tertiary/aromatic N) is 7. The van der Waals surface area contributed by atoms with Crippen LogP contribution in [-0.2, 0) is 0 Å². The van der Waals surface area contributed by atoms with E-state index in [9.17, 15) is 0 Å². The van der Waals surface area contributed by atoms with Crippen LogP contribution in [0.5, 0.6) is 11.6 Å². The second-order valence-electron chi connectivity index (χ2n) is 13.0. The summed E-state index contributed by atoms with van der Waals surface area (Å²) < 4.78 is 14.1. The van der Waals surface area contributed by atoms with Gasteiger partial charge in [0.15, 0.2) is 14.3 Å². The largest absolute Gasteiger partial charge is 0.438 e. The van der Waals surface area contributed by atoms with Gasteiger partial charge >= 0.3 is 22.9 Å². The molecule has 0 aliphatic carbocycles. The summed E-state index contributed by atoms with van der Waals surface area (Å²) in [4.78, 5) is 7.41. The Morgan fingerprint density at radius 3 is 2.46 bits per heavy atom. The quantitative estimate of drug-likeness (QED) is 0.151. The lowest BCUT2D eigenvalue weighted by molar-refractivity contribution is -1.05. The van der Waals surface area contributed by atoms with Crippen molar-refractivity contribution in [3.63, 3.8) is 0 Å². The first kappa shape index (κ1) is 22.6. The third-order valence-corrected chi connectivity index (χ3v) is 15.9. The molecule has 10 heterocycles. The van der Waals surface area contributed by atoms with Crippen molar-refractivity contribution in [3.05, 3.63) is 121 Å². The highest BCUT2D eigenvalue weighted by Crippen LogP contribution is 2.51. The molecule has 0 saturated carbocycles. The SMILES string of the molecule is Cc1cc2n(n1)[N+]13c4c(ccc5c4-n4c6c(cncc6c6ccc[n+]1c64)[Si]51c4ccccc4-c4ccccc41)Oc1cccc-2[n+]13. The van der Waals surface area contributed by atoms with Crippen molar-refractivity contribution in [2.45, 2.75) is 6.92 Å². The van der Waals surface area contributed by atoms with E-state index >= 15 is 0 Å². The van der Waals surface area contributed by atoms with E-state index in [2.05, 4.69) is 141 Å². The van der Waals surface area contributed by atoms with Gasteiger partial charge < -0.3 is 4.74 Å². The molecule has 2 spiro atoms. The van der Waals surface area contributed by atoms with E-state index in [1.165, 1.54) is 53.9 Å². The van der Waals surface area contributed by atoms with E-state index < -0.39 is 8.07 Å². The Hall–Kier alpha value is -5.90. The number of rotatable bonds is 0. The second-order valence-corrected chi connectivity index (χ2v) is 16.6. The van der Waals surface area contributed by atoms with E-state index in [4.69, 9.17) is 14.8 Å². The Bertz CT molecular complexity index is 2790. The van der Waals surface area contributed by atoms with Crippen molar-refractivity contribution >= 4 is 56.4 Å². The number of hydrogen-bond donors (Lipinski definition) is 0.